The third-order valence-electron chi connectivity index (χ3n) is 6.32. The lowest BCUT2D eigenvalue weighted by molar-refractivity contribution is -0.147. The lowest BCUT2D eigenvalue weighted by Gasteiger charge is -2.37. The SMILES string of the molecule is COC(=O)C(C)N1CCN(CC2CN(c3ccc(C(=N)NC(=O)c4ccoc4)cc3)C(=O)O2)CC1. The average molecular weight is 484 g/mol. The zero-order chi connectivity index (χ0) is 24.9. The first-order valence-corrected chi connectivity index (χ1v) is 11.4. The van der Waals surface area contributed by atoms with Crippen molar-refractivity contribution in [3.8, 4) is 0 Å². The van der Waals surface area contributed by atoms with Gasteiger partial charge in [-0.3, -0.25) is 29.7 Å². The van der Waals surface area contributed by atoms with E-state index in [2.05, 4.69) is 15.1 Å². The third-order valence-corrected chi connectivity index (χ3v) is 6.32. The molecule has 11 heteroatoms. The van der Waals surface area contributed by atoms with Crippen LogP contribution < -0.4 is 10.2 Å². The second kappa shape index (κ2) is 10.7. The highest BCUT2D eigenvalue weighted by Gasteiger charge is 2.35. The van der Waals surface area contributed by atoms with Crippen molar-refractivity contribution in [2.45, 2.75) is 19.1 Å². The van der Waals surface area contributed by atoms with Gasteiger partial charge in [0.15, 0.2) is 0 Å². The molecular formula is C24H29N5O6. The Labute approximate surface area is 203 Å². The van der Waals surface area contributed by atoms with E-state index in [0.29, 0.717) is 29.9 Å². The number of hydrogen-bond acceptors (Lipinski definition) is 9. The minimum Gasteiger partial charge on any atom is -0.472 e. The summed E-state index contributed by atoms with van der Waals surface area (Å²) in [7, 11) is 1.40. The average Bonchev–Trinajstić information content (AvgIpc) is 3.54. The molecule has 2 saturated heterocycles. The van der Waals surface area contributed by atoms with E-state index in [-0.39, 0.29) is 24.0 Å². The lowest BCUT2D eigenvalue weighted by Crippen LogP contribution is -2.53. The zero-order valence-corrected chi connectivity index (χ0v) is 19.7. The molecule has 1 aromatic carbocycles. The number of ether oxygens (including phenoxy) is 2. The Bertz CT molecular complexity index is 1060. The summed E-state index contributed by atoms with van der Waals surface area (Å²) in [5.41, 5.74) is 1.50. The number of hydrogen-bond donors (Lipinski definition) is 2. The molecule has 11 nitrogen and oxygen atoms in total. The quantitative estimate of drug-likeness (QED) is 0.345. The molecule has 2 unspecified atom stereocenters. The summed E-state index contributed by atoms with van der Waals surface area (Å²) in [6.45, 7) is 5.92. The van der Waals surface area contributed by atoms with Gasteiger partial charge in [-0.15, -0.1) is 0 Å². The van der Waals surface area contributed by atoms with Crippen LogP contribution in [0.25, 0.3) is 0 Å². The molecule has 2 aliphatic heterocycles. The minimum absolute atomic E-state index is 0.0507. The maximum absolute atomic E-state index is 12.5. The van der Waals surface area contributed by atoms with E-state index in [1.807, 2.05) is 6.92 Å². The summed E-state index contributed by atoms with van der Waals surface area (Å²) in [6, 6.07) is 8.05. The number of piperazine rings is 1. The van der Waals surface area contributed by atoms with Crippen LogP contribution in [0.3, 0.4) is 0 Å². The highest BCUT2D eigenvalue weighted by molar-refractivity contribution is 6.11. The largest absolute Gasteiger partial charge is 0.472 e. The predicted octanol–water partition coefficient (Wildman–Crippen LogP) is 1.54. The lowest BCUT2D eigenvalue weighted by atomic mass is 10.1. The Hall–Kier alpha value is -3.70. The first-order valence-electron chi connectivity index (χ1n) is 11.4. The molecule has 2 N–H and O–H groups in total. The Morgan fingerprint density at radius 3 is 2.49 bits per heavy atom. The number of rotatable bonds is 7. The van der Waals surface area contributed by atoms with E-state index in [9.17, 15) is 14.4 Å². The van der Waals surface area contributed by atoms with Crippen molar-refractivity contribution in [2.24, 2.45) is 0 Å². The molecule has 0 saturated carbocycles. The van der Waals surface area contributed by atoms with Gasteiger partial charge in [0.2, 0.25) is 0 Å². The van der Waals surface area contributed by atoms with Gasteiger partial charge in [-0.2, -0.15) is 0 Å². The molecule has 1 aromatic heterocycles. The van der Waals surface area contributed by atoms with Crippen molar-refractivity contribution >= 4 is 29.5 Å². The van der Waals surface area contributed by atoms with Crippen LogP contribution in [-0.4, -0.2) is 92.1 Å². The number of carbonyl (C=O) groups is 3. The number of nitrogens with one attached hydrogen (secondary N) is 2. The van der Waals surface area contributed by atoms with Crippen LogP contribution in [0.4, 0.5) is 10.5 Å². The van der Waals surface area contributed by atoms with Crippen molar-refractivity contribution in [3.63, 3.8) is 0 Å². The highest BCUT2D eigenvalue weighted by atomic mass is 16.6. The maximum atomic E-state index is 12.5. The number of amidine groups is 1. The number of carbonyl (C=O) groups excluding carboxylic acids is 3. The summed E-state index contributed by atoms with van der Waals surface area (Å²) in [5.74, 6) is -0.718. The molecule has 2 fully saturated rings. The van der Waals surface area contributed by atoms with Gasteiger partial charge in [-0.05, 0) is 37.3 Å². The van der Waals surface area contributed by atoms with E-state index in [1.54, 1.807) is 29.2 Å². The molecule has 0 bridgehead atoms. The molecule has 0 aliphatic carbocycles. The summed E-state index contributed by atoms with van der Waals surface area (Å²) in [4.78, 5) is 42.2. The Kier molecular flexibility index (Phi) is 7.47. The molecule has 2 aromatic rings. The fourth-order valence-corrected chi connectivity index (χ4v) is 4.23. The van der Waals surface area contributed by atoms with Crippen molar-refractivity contribution in [1.29, 1.82) is 5.41 Å². The predicted molar refractivity (Wildman–Crippen MR) is 127 cm³/mol. The van der Waals surface area contributed by atoms with Crippen molar-refractivity contribution < 1.29 is 28.3 Å². The van der Waals surface area contributed by atoms with Gasteiger partial charge in [0, 0.05) is 44.0 Å². The van der Waals surface area contributed by atoms with Gasteiger partial charge in [0.25, 0.3) is 5.91 Å². The molecule has 4 rings (SSSR count). The summed E-state index contributed by atoms with van der Waals surface area (Å²) in [5, 5.41) is 10.6. The third kappa shape index (κ3) is 5.69. The minimum atomic E-state index is -0.431. The van der Waals surface area contributed by atoms with E-state index in [0.717, 1.165) is 26.2 Å². The van der Waals surface area contributed by atoms with Gasteiger partial charge >= 0.3 is 12.1 Å². The molecule has 2 amide bonds. The summed E-state index contributed by atoms with van der Waals surface area (Å²) < 4.78 is 15.3. The van der Waals surface area contributed by atoms with E-state index >= 15 is 0 Å². The molecule has 0 radical (unpaired) electrons. The highest BCUT2D eigenvalue weighted by Crippen LogP contribution is 2.23. The fourth-order valence-electron chi connectivity index (χ4n) is 4.23. The van der Waals surface area contributed by atoms with Crippen molar-refractivity contribution in [3.05, 3.63) is 54.0 Å². The molecule has 0 spiro atoms. The van der Waals surface area contributed by atoms with Gasteiger partial charge in [0.1, 0.15) is 24.2 Å². The first-order chi connectivity index (χ1) is 16.9. The number of cyclic esters (lactones) is 1. The number of esters is 1. The Balaban J connectivity index is 1.28. The molecule has 186 valence electrons. The fraction of sp³-hybridized carbons (Fsp3) is 0.417. The molecular weight excluding hydrogens is 454 g/mol. The van der Waals surface area contributed by atoms with Crippen molar-refractivity contribution in [2.75, 3.05) is 51.3 Å². The standard InChI is InChI=1S/C24H29N5O6/c1-16(23(31)33-2)28-10-8-27(9-11-28)13-20-14-29(24(32)35-20)19-5-3-17(4-6-19)21(25)26-22(30)18-7-12-34-15-18/h3-7,12,15-16,20H,8-11,13-14H2,1-2H3,(H2,25,26,30). The number of benzene rings is 1. The monoisotopic (exact) mass is 483 g/mol. The zero-order valence-electron chi connectivity index (χ0n) is 19.7. The number of anilines is 1. The van der Waals surface area contributed by atoms with Gasteiger partial charge in [-0.1, -0.05) is 0 Å². The van der Waals surface area contributed by atoms with Crippen LogP contribution >= 0.6 is 0 Å². The smallest absolute Gasteiger partial charge is 0.414 e. The van der Waals surface area contributed by atoms with Crippen molar-refractivity contribution in [1.82, 2.24) is 15.1 Å². The molecule has 35 heavy (non-hydrogen) atoms. The second-order valence-corrected chi connectivity index (χ2v) is 8.54. The molecule has 2 atom stereocenters. The van der Waals surface area contributed by atoms with Gasteiger partial charge in [0.05, 0.1) is 25.5 Å². The van der Waals surface area contributed by atoms with Crippen LogP contribution in [0.5, 0.6) is 0 Å². The van der Waals surface area contributed by atoms with Crippen LogP contribution in [-0.2, 0) is 14.3 Å². The molecule has 2 aliphatic rings. The van der Waals surface area contributed by atoms with Gasteiger partial charge in [-0.25, -0.2) is 4.79 Å². The van der Waals surface area contributed by atoms with E-state index < -0.39 is 12.0 Å². The number of furan rings is 1. The molecule has 3 heterocycles. The topological polar surface area (TPSA) is 128 Å². The summed E-state index contributed by atoms with van der Waals surface area (Å²) in [6.07, 6.45) is 2.02. The summed E-state index contributed by atoms with van der Waals surface area (Å²) >= 11 is 0. The second-order valence-electron chi connectivity index (χ2n) is 8.54. The first kappa shape index (κ1) is 24.4. The van der Waals surface area contributed by atoms with Crippen LogP contribution in [0.15, 0.2) is 47.3 Å². The van der Waals surface area contributed by atoms with E-state index in [1.165, 1.54) is 25.7 Å². The van der Waals surface area contributed by atoms with Gasteiger partial charge < -0.3 is 19.2 Å². The normalized spacial score (nSPS) is 19.8. The Morgan fingerprint density at radius 1 is 1.14 bits per heavy atom. The number of amides is 2. The Morgan fingerprint density at radius 2 is 1.86 bits per heavy atom. The number of methoxy groups -OCH3 is 1. The van der Waals surface area contributed by atoms with E-state index in [4.69, 9.17) is 19.3 Å². The van der Waals surface area contributed by atoms with Crippen LogP contribution in [0.1, 0.15) is 22.8 Å². The number of nitrogens with zero attached hydrogens (tertiary/aromatic N) is 3. The van der Waals surface area contributed by atoms with Crippen LogP contribution in [0.2, 0.25) is 0 Å². The maximum Gasteiger partial charge on any atom is 0.414 e. The van der Waals surface area contributed by atoms with Crippen LogP contribution in [0, 0.1) is 5.41 Å².